The van der Waals surface area contributed by atoms with Crippen LogP contribution in [0.5, 0.6) is 0 Å². The lowest BCUT2D eigenvalue weighted by Gasteiger charge is -2.52. The molecule has 2 aliphatic heterocycles. The zero-order chi connectivity index (χ0) is 30.4. The Morgan fingerprint density at radius 3 is 2.18 bits per heavy atom. The van der Waals surface area contributed by atoms with E-state index in [4.69, 9.17) is 0 Å². The van der Waals surface area contributed by atoms with Gasteiger partial charge in [-0.15, -0.1) is 12.8 Å². The van der Waals surface area contributed by atoms with Crippen LogP contribution in [0.15, 0.2) is 34.4 Å². The van der Waals surface area contributed by atoms with Crippen LogP contribution in [-0.2, 0) is 19.1 Å². The molecule has 2 heterocycles. The largest absolute Gasteiger partial charge is 0.466 e. The van der Waals surface area contributed by atoms with E-state index in [-0.39, 0.29) is 11.5 Å². The van der Waals surface area contributed by atoms with Crippen LogP contribution in [0.4, 0.5) is 0 Å². The number of aldehydes is 1. The Balaban J connectivity index is 0. The van der Waals surface area contributed by atoms with Gasteiger partial charge < -0.3 is 19.7 Å². The molecule has 1 saturated carbocycles. The highest BCUT2D eigenvalue weighted by atomic mass is 79.9. The number of hydrogen-bond donors (Lipinski definition) is 1. The van der Waals surface area contributed by atoms with Crippen LogP contribution < -0.4 is 5.32 Å². The van der Waals surface area contributed by atoms with E-state index in [0.29, 0.717) is 43.1 Å². The molecule has 7 heteroatoms. The lowest BCUT2D eigenvalue weighted by atomic mass is 9.61. The average Bonchev–Trinajstić information content (AvgIpc) is 2.89. The van der Waals surface area contributed by atoms with Crippen molar-refractivity contribution in [2.75, 3.05) is 26.7 Å². The van der Waals surface area contributed by atoms with Gasteiger partial charge in [-0.25, -0.2) is 0 Å². The highest BCUT2D eigenvalue weighted by molar-refractivity contribution is 9.12. The van der Waals surface area contributed by atoms with Gasteiger partial charge in [-0.1, -0.05) is 54.4 Å². The zero-order valence-electron chi connectivity index (χ0n) is 25.6. The number of nitrogens with one attached hydrogen (secondary N) is 1. The summed E-state index contributed by atoms with van der Waals surface area (Å²) >= 11 is 3.50. The van der Waals surface area contributed by atoms with Crippen molar-refractivity contribution in [3.05, 3.63) is 34.4 Å². The Hall–Kier alpha value is -2.17. The standard InChI is InChI=1S/C13H24N2O.C11H17Br.C6H10O3.C2H2/c1-5-13(2,3)14-12(16)11-9-6-10(11)8-15(4)7-9;1-4-6-7-8-9-11(12)10(3)5-2;1-6(8)9-5-3-2-4-7;1-2/h9-11H,5-8H2,1-4H3,(H,14,16);5,7-9H,4,6H2,1-3H3;4H,2-3,5H2,1H3;1-2H/b;8-7-,10-5+,11-9+;;. The van der Waals surface area contributed by atoms with Gasteiger partial charge in [-0.2, -0.15) is 0 Å². The maximum Gasteiger partial charge on any atom is 0.302 e. The van der Waals surface area contributed by atoms with Gasteiger partial charge in [-0.3, -0.25) is 9.59 Å². The summed E-state index contributed by atoms with van der Waals surface area (Å²) in [7, 11) is 2.16. The number of amides is 1. The molecule has 3 rings (SSSR count). The SMILES string of the molecule is C#C.C/C=C(C)/C(Br)=C\C=C/CCC.CC(=O)OCCCC=O.CCC(C)(C)NC(=O)C1C2CC1CN(C)C2. The molecule has 2 unspecified atom stereocenters. The highest BCUT2D eigenvalue weighted by Crippen LogP contribution is 2.45. The second-order valence-corrected chi connectivity index (χ2v) is 11.4. The fourth-order valence-electron chi connectivity index (χ4n) is 4.12. The molecule has 1 aliphatic carbocycles. The molecule has 3 aliphatic rings. The molecule has 0 aromatic carbocycles. The topological polar surface area (TPSA) is 75.7 Å². The second-order valence-electron chi connectivity index (χ2n) is 10.6. The second kappa shape index (κ2) is 22.6. The maximum absolute atomic E-state index is 12.2. The molecule has 0 radical (unpaired) electrons. The van der Waals surface area contributed by atoms with Gasteiger partial charge in [0.2, 0.25) is 5.91 Å². The number of halogens is 1. The van der Waals surface area contributed by atoms with Gasteiger partial charge in [0.25, 0.3) is 0 Å². The summed E-state index contributed by atoms with van der Waals surface area (Å²) in [5, 5.41) is 3.19. The molecule has 1 N–H and O–H groups in total. The van der Waals surface area contributed by atoms with E-state index in [1.165, 1.54) is 25.3 Å². The van der Waals surface area contributed by atoms with Crippen LogP contribution >= 0.6 is 15.9 Å². The van der Waals surface area contributed by atoms with Crippen LogP contribution in [0.1, 0.15) is 87.0 Å². The number of unbranched alkanes of at least 4 members (excludes halogenated alkanes) is 2. The van der Waals surface area contributed by atoms with Gasteiger partial charge in [0, 0.05) is 42.4 Å². The van der Waals surface area contributed by atoms with E-state index in [1.54, 1.807) is 0 Å². The van der Waals surface area contributed by atoms with Crippen LogP contribution in [0.3, 0.4) is 0 Å². The molecule has 2 bridgehead atoms. The number of rotatable bonds is 11. The van der Waals surface area contributed by atoms with Crippen LogP contribution in [0.25, 0.3) is 0 Å². The summed E-state index contributed by atoms with van der Waals surface area (Å²) < 4.78 is 5.71. The van der Waals surface area contributed by atoms with Gasteiger partial charge in [0.1, 0.15) is 6.29 Å². The number of carbonyl (C=O) groups excluding carboxylic acids is 3. The van der Waals surface area contributed by atoms with Crippen LogP contribution in [0, 0.1) is 30.6 Å². The fourth-order valence-corrected chi connectivity index (χ4v) is 4.50. The molecule has 0 aromatic rings. The van der Waals surface area contributed by atoms with Gasteiger partial charge in [0.05, 0.1) is 6.61 Å². The summed E-state index contributed by atoms with van der Waals surface area (Å²) in [5.41, 5.74) is 1.23. The summed E-state index contributed by atoms with van der Waals surface area (Å²) in [4.78, 5) is 34.4. The Morgan fingerprint density at radius 2 is 1.72 bits per heavy atom. The molecule has 6 nitrogen and oxygen atoms in total. The fraction of sp³-hybridized carbons (Fsp3) is 0.656. The molecular weight excluding hydrogens is 556 g/mol. The van der Waals surface area contributed by atoms with Crippen molar-refractivity contribution in [3.8, 4) is 12.8 Å². The third-order valence-electron chi connectivity index (χ3n) is 6.78. The minimum atomic E-state index is -0.291. The molecule has 222 valence electrons. The normalized spacial score (nSPS) is 20.5. The molecule has 0 spiro atoms. The smallest absolute Gasteiger partial charge is 0.302 e. The predicted octanol–water partition coefficient (Wildman–Crippen LogP) is 6.85. The van der Waals surface area contributed by atoms with Crippen LogP contribution in [0.2, 0.25) is 0 Å². The predicted molar refractivity (Wildman–Crippen MR) is 167 cm³/mol. The number of piperidine rings is 2. The van der Waals surface area contributed by atoms with Crippen molar-refractivity contribution in [2.45, 2.75) is 92.5 Å². The van der Waals surface area contributed by atoms with Crippen molar-refractivity contribution in [1.29, 1.82) is 0 Å². The number of esters is 1. The monoisotopic (exact) mass is 608 g/mol. The molecule has 2 saturated heterocycles. The van der Waals surface area contributed by atoms with E-state index in [1.807, 2.05) is 6.92 Å². The quantitative estimate of drug-likeness (QED) is 0.0912. The van der Waals surface area contributed by atoms with Crippen molar-refractivity contribution in [1.82, 2.24) is 10.2 Å². The summed E-state index contributed by atoms with van der Waals surface area (Å²) in [6, 6.07) is 0. The van der Waals surface area contributed by atoms with Gasteiger partial charge in [-0.05, 0) is 83.9 Å². The van der Waals surface area contributed by atoms with Crippen molar-refractivity contribution in [2.24, 2.45) is 17.8 Å². The number of ether oxygens (including phenoxy) is 1. The molecule has 39 heavy (non-hydrogen) atoms. The average molecular weight is 610 g/mol. The molecule has 0 aromatic heterocycles. The lowest BCUT2D eigenvalue weighted by molar-refractivity contribution is -0.143. The number of hydrogen-bond acceptors (Lipinski definition) is 5. The first-order chi connectivity index (χ1) is 18.4. The van der Waals surface area contributed by atoms with Crippen molar-refractivity contribution in [3.63, 3.8) is 0 Å². The first kappa shape index (κ1) is 39.0. The Kier molecular flexibility index (Phi) is 22.6. The lowest BCUT2D eigenvalue weighted by Crippen LogP contribution is -2.60. The van der Waals surface area contributed by atoms with E-state index >= 15 is 0 Å². The first-order valence-corrected chi connectivity index (χ1v) is 14.8. The maximum atomic E-state index is 12.2. The third kappa shape index (κ3) is 17.9. The number of terminal acetylenes is 1. The third-order valence-corrected chi connectivity index (χ3v) is 7.67. The van der Waals surface area contributed by atoms with Gasteiger partial charge in [0.15, 0.2) is 0 Å². The van der Waals surface area contributed by atoms with E-state index in [2.05, 4.69) is 110 Å². The zero-order valence-corrected chi connectivity index (χ0v) is 27.2. The van der Waals surface area contributed by atoms with Crippen LogP contribution in [-0.4, -0.2) is 55.3 Å². The summed E-state index contributed by atoms with van der Waals surface area (Å²) in [5.74, 6) is 1.51. The Bertz CT molecular complexity index is 817. The minimum Gasteiger partial charge on any atom is -0.466 e. The number of allylic oxidation sites excluding steroid dienone is 6. The first-order valence-electron chi connectivity index (χ1n) is 14.0. The summed E-state index contributed by atoms with van der Waals surface area (Å²) in [6.45, 7) is 16.5. The minimum absolute atomic E-state index is 0.0487. The summed E-state index contributed by atoms with van der Waals surface area (Å²) in [6.07, 6.45) is 23.0. The number of carbonyl (C=O) groups is 3. The highest BCUT2D eigenvalue weighted by Gasteiger charge is 2.49. The van der Waals surface area contributed by atoms with Gasteiger partial charge >= 0.3 is 5.97 Å². The van der Waals surface area contributed by atoms with Crippen molar-refractivity contribution < 1.29 is 19.1 Å². The number of nitrogens with zero attached hydrogens (tertiary/aromatic N) is 1. The number of fused-ring (bicyclic) bond motifs is 2. The Morgan fingerprint density at radius 1 is 1.13 bits per heavy atom. The van der Waals surface area contributed by atoms with E-state index < -0.39 is 0 Å². The van der Waals surface area contributed by atoms with E-state index in [0.717, 1.165) is 36.7 Å². The molecule has 2 atom stereocenters. The Labute approximate surface area is 247 Å². The molecular formula is C32H53BrN2O4. The van der Waals surface area contributed by atoms with Crippen molar-refractivity contribution >= 4 is 34.1 Å². The van der Waals surface area contributed by atoms with E-state index in [9.17, 15) is 14.4 Å². The molecule has 1 amide bonds. The molecule has 3 fully saturated rings.